The Bertz CT molecular complexity index is 787. The highest BCUT2D eigenvalue weighted by Gasteiger charge is 2.14. The standard InChI is InChI=1S/C17H18N2O5/c1-22-15-9-7-12(16(23-2)17(15)24-3)6-4-11-5-8-14(19(20)21)13(18)10-11/h4-10H,18H2,1-3H3/b6-4-. The first kappa shape index (κ1) is 17.1. The van der Waals surface area contributed by atoms with E-state index in [1.54, 1.807) is 44.6 Å². The molecule has 24 heavy (non-hydrogen) atoms. The lowest BCUT2D eigenvalue weighted by Gasteiger charge is -2.14. The Kier molecular flexibility index (Phi) is 5.26. The highest BCUT2D eigenvalue weighted by molar-refractivity contribution is 5.77. The number of anilines is 1. The fraction of sp³-hybridized carbons (Fsp3) is 0.176. The van der Waals surface area contributed by atoms with Crippen molar-refractivity contribution in [2.24, 2.45) is 0 Å². The average Bonchev–Trinajstić information content (AvgIpc) is 2.58. The molecule has 0 aliphatic heterocycles. The molecule has 0 saturated heterocycles. The van der Waals surface area contributed by atoms with E-state index in [1.807, 2.05) is 6.07 Å². The molecule has 0 aromatic heterocycles. The molecule has 0 atom stereocenters. The summed E-state index contributed by atoms with van der Waals surface area (Å²) in [4.78, 5) is 10.3. The maximum atomic E-state index is 10.8. The van der Waals surface area contributed by atoms with Gasteiger partial charge in [0.1, 0.15) is 5.69 Å². The number of hydrogen-bond acceptors (Lipinski definition) is 6. The molecule has 7 heteroatoms. The number of ether oxygens (including phenoxy) is 3. The minimum atomic E-state index is -0.514. The van der Waals surface area contributed by atoms with Crippen LogP contribution >= 0.6 is 0 Å². The van der Waals surface area contributed by atoms with Gasteiger partial charge in [-0.15, -0.1) is 0 Å². The van der Waals surface area contributed by atoms with Crippen LogP contribution in [0.1, 0.15) is 11.1 Å². The van der Waals surface area contributed by atoms with E-state index in [-0.39, 0.29) is 11.4 Å². The maximum Gasteiger partial charge on any atom is 0.292 e. The normalized spacial score (nSPS) is 10.6. The van der Waals surface area contributed by atoms with E-state index in [1.165, 1.54) is 13.2 Å². The van der Waals surface area contributed by atoms with Crippen LogP contribution in [-0.2, 0) is 0 Å². The van der Waals surface area contributed by atoms with Gasteiger partial charge in [-0.05, 0) is 29.8 Å². The summed E-state index contributed by atoms with van der Waals surface area (Å²) in [5.74, 6) is 1.58. The lowest BCUT2D eigenvalue weighted by Crippen LogP contribution is -1.96. The predicted molar refractivity (Wildman–Crippen MR) is 92.5 cm³/mol. The first-order valence-electron chi connectivity index (χ1n) is 7.02. The van der Waals surface area contributed by atoms with Gasteiger partial charge in [0.05, 0.1) is 26.3 Å². The molecule has 0 heterocycles. The van der Waals surface area contributed by atoms with Gasteiger partial charge in [0.25, 0.3) is 5.69 Å². The monoisotopic (exact) mass is 330 g/mol. The van der Waals surface area contributed by atoms with E-state index in [0.717, 1.165) is 11.1 Å². The molecular weight excluding hydrogens is 312 g/mol. The van der Waals surface area contributed by atoms with Crippen molar-refractivity contribution in [1.29, 1.82) is 0 Å². The van der Waals surface area contributed by atoms with Crippen molar-refractivity contribution in [2.45, 2.75) is 0 Å². The maximum absolute atomic E-state index is 10.8. The third kappa shape index (κ3) is 3.40. The summed E-state index contributed by atoms with van der Waals surface area (Å²) in [5.41, 5.74) is 7.19. The summed E-state index contributed by atoms with van der Waals surface area (Å²) in [6, 6.07) is 8.14. The van der Waals surface area contributed by atoms with Gasteiger partial charge in [-0.1, -0.05) is 12.2 Å². The Morgan fingerprint density at radius 2 is 1.71 bits per heavy atom. The van der Waals surface area contributed by atoms with E-state index in [2.05, 4.69) is 0 Å². The van der Waals surface area contributed by atoms with Crippen molar-refractivity contribution >= 4 is 23.5 Å². The van der Waals surface area contributed by atoms with Crippen molar-refractivity contribution in [3.05, 3.63) is 51.6 Å². The molecule has 0 fully saturated rings. The number of methoxy groups -OCH3 is 3. The molecule has 0 amide bonds. The lowest BCUT2D eigenvalue weighted by atomic mass is 10.1. The van der Waals surface area contributed by atoms with Crippen molar-refractivity contribution in [2.75, 3.05) is 27.1 Å². The van der Waals surface area contributed by atoms with E-state index >= 15 is 0 Å². The Labute approximate surface area is 139 Å². The smallest absolute Gasteiger partial charge is 0.292 e. The van der Waals surface area contributed by atoms with Gasteiger partial charge in [0.15, 0.2) is 11.5 Å². The van der Waals surface area contributed by atoms with Crippen LogP contribution in [0.25, 0.3) is 12.2 Å². The second kappa shape index (κ2) is 7.36. The van der Waals surface area contributed by atoms with Gasteiger partial charge in [-0.3, -0.25) is 10.1 Å². The second-order valence-electron chi connectivity index (χ2n) is 4.83. The first-order chi connectivity index (χ1) is 11.5. The Hall–Kier alpha value is -3.22. The average molecular weight is 330 g/mol. The van der Waals surface area contributed by atoms with Crippen LogP contribution in [0.15, 0.2) is 30.3 Å². The van der Waals surface area contributed by atoms with Crippen molar-refractivity contribution in [3.63, 3.8) is 0 Å². The minimum Gasteiger partial charge on any atom is -0.493 e. The van der Waals surface area contributed by atoms with Crippen LogP contribution in [0.4, 0.5) is 11.4 Å². The quantitative estimate of drug-likeness (QED) is 0.377. The topological polar surface area (TPSA) is 96.9 Å². The Balaban J connectivity index is 2.39. The van der Waals surface area contributed by atoms with E-state index in [9.17, 15) is 10.1 Å². The lowest BCUT2D eigenvalue weighted by molar-refractivity contribution is -0.383. The molecule has 2 rings (SSSR count). The van der Waals surface area contributed by atoms with Crippen molar-refractivity contribution in [3.8, 4) is 17.2 Å². The number of rotatable bonds is 6. The molecule has 2 N–H and O–H groups in total. The van der Waals surface area contributed by atoms with E-state index in [0.29, 0.717) is 17.2 Å². The number of hydrogen-bond donors (Lipinski definition) is 1. The third-order valence-corrected chi connectivity index (χ3v) is 3.44. The second-order valence-corrected chi connectivity index (χ2v) is 4.83. The summed E-state index contributed by atoms with van der Waals surface area (Å²) < 4.78 is 16.0. The van der Waals surface area contributed by atoms with Gasteiger partial charge in [0, 0.05) is 11.6 Å². The molecule has 7 nitrogen and oxygen atoms in total. The molecule has 0 saturated carbocycles. The molecule has 0 aliphatic rings. The van der Waals surface area contributed by atoms with Crippen LogP contribution in [-0.4, -0.2) is 26.3 Å². The zero-order valence-corrected chi connectivity index (χ0v) is 13.6. The van der Waals surface area contributed by atoms with Crippen LogP contribution < -0.4 is 19.9 Å². The third-order valence-electron chi connectivity index (χ3n) is 3.44. The fourth-order valence-corrected chi connectivity index (χ4v) is 2.28. The van der Waals surface area contributed by atoms with Crippen LogP contribution in [0.3, 0.4) is 0 Å². The number of nitrogens with two attached hydrogens (primary N) is 1. The highest BCUT2D eigenvalue weighted by atomic mass is 16.6. The Morgan fingerprint density at radius 3 is 2.25 bits per heavy atom. The molecule has 0 spiro atoms. The number of nitrogen functional groups attached to an aromatic ring is 1. The predicted octanol–water partition coefficient (Wildman–Crippen LogP) is 3.37. The summed E-state index contributed by atoms with van der Waals surface area (Å²) in [6.07, 6.45) is 3.59. The van der Waals surface area contributed by atoms with Gasteiger partial charge in [0.2, 0.25) is 5.75 Å². The summed E-state index contributed by atoms with van der Waals surface area (Å²) in [5, 5.41) is 10.8. The van der Waals surface area contributed by atoms with Gasteiger partial charge in [-0.2, -0.15) is 0 Å². The largest absolute Gasteiger partial charge is 0.493 e. The molecule has 0 aliphatic carbocycles. The molecule has 0 unspecified atom stereocenters. The van der Waals surface area contributed by atoms with Gasteiger partial charge < -0.3 is 19.9 Å². The van der Waals surface area contributed by atoms with Crippen molar-refractivity contribution in [1.82, 2.24) is 0 Å². The van der Waals surface area contributed by atoms with Gasteiger partial charge in [-0.25, -0.2) is 0 Å². The van der Waals surface area contributed by atoms with E-state index in [4.69, 9.17) is 19.9 Å². The molecular formula is C17H18N2O5. The minimum absolute atomic E-state index is 0.112. The number of nitrogens with zero attached hydrogens (tertiary/aromatic N) is 1. The molecule has 2 aromatic rings. The van der Waals surface area contributed by atoms with Crippen LogP contribution in [0.5, 0.6) is 17.2 Å². The van der Waals surface area contributed by atoms with Gasteiger partial charge >= 0.3 is 0 Å². The van der Waals surface area contributed by atoms with E-state index < -0.39 is 4.92 Å². The summed E-state index contributed by atoms with van der Waals surface area (Å²) in [6.45, 7) is 0. The molecule has 2 aromatic carbocycles. The molecule has 0 bridgehead atoms. The zero-order valence-electron chi connectivity index (χ0n) is 13.6. The zero-order chi connectivity index (χ0) is 17.7. The summed E-state index contributed by atoms with van der Waals surface area (Å²) in [7, 11) is 4.62. The molecule has 126 valence electrons. The highest BCUT2D eigenvalue weighted by Crippen LogP contribution is 2.40. The number of nitro benzene ring substituents is 1. The summed E-state index contributed by atoms with van der Waals surface area (Å²) >= 11 is 0. The molecule has 0 radical (unpaired) electrons. The Morgan fingerprint density at radius 1 is 1.00 bits per heavy atom. The fourth-order valence-electron chi connectivity index (χ4n) is 2.28. The van der Waals surface area contributed by atoms with Crippen LogP contribution in [0, 0.1) is 10.1 Å². The SMILES string of the molecule is COc1ccc(/C=C\c2ccc([N+](=O)[O-])c(N)c2)c(OC)c1OC. The van der Waals surface area contributed by atoms with Crippen molar-refractivity contribution < 1.29 is 19.1 Å². The number of benzene rings is 2. The number of nitro groups is 1. The van der Waals surface area contributed by atoms with Crippen LogP contribution in [0.2, 0.25) is 0 Å². The first-order valence-corrected chi connectivity index (χ1v) is 7.02.